The number of hydrogen-bond acceptors (Lipinski definition) is 3. The fourth-order valence-electron chi connectivity index (χ4n) is 2.21. The van der Waals surface area contributed by atoms with Crippen LogP contribution in [0.1, 0.15) is 12.5 Å². The summed E-state index contributed by atoms with van der Waals surface area (Å²) < 4.78 is 36.8. The van der Waals surface area contributed by atoms with E-state index in [1.807, 2.05) is 0 Å². The molecule has 0 saturated carbocycles. The van der Waals surface area contributed by atoms with Crippen molar-refractivity contribution in [1.29, 1.82) is 0 Å². The minimum atomic E-state index is -0.672. The van der Waals surface area contributed by atoms with Gasteiger partial charge in [-0.25, -0.2) is 13.6 Å². The van der Waals surface area contributed by atoms with E-state index in [1.54, 1.807) is 25.1 Å². The predicted molar refractivity (Wildman–Crippen MR) is 84.0 cm³/mol. The number of rotatable bonds is 4. The number of ether oxygens (including phenoxy) is 2. The highest BCUT2D eigenvalue weighted by Crippen LogP contribution is 2.33. The van der Waals surface area contributed by atoms with Gasteiger partial charge in [-0.2, -0.15) is 0 Å². The van der Waals surface area contributed by atoms with Gasteiger partial charge < -0.3 is 9.47 Å². The van der Waals surface area contributed by atoms with Crippen molar-refractivity contribution >= 4 is 11.5 Å². The molecule has 3 nitrogen and oxygen atoms in total. The van der Waals surface area contributed by atoms with E-state index in [2.05, 4.69) is 4.74 Å². The van der Waals surface area contributed by atoms with E-state index < -0.39 is 17.6 Å². The van der Waals surface area contributed by atoms with E-state index in [-0.39, 0.29) is 0 Å². The summed E-state index contributed by atoms with van der Waals surface area (Å²) >= 11 is 0. The molecule has 0 bridgehead atoms. The molecular weight excluding hydrogens is 302 g/mol. The normalized spacial score (nSPS) is 11.3. The average molecular weight is 318 g/mol. The largest absolute Gasteiger partial charge is 0.496 e. The quantitative estimate of drug-likeness (QED) is 0.625. The van der Waals surface area contributed by atoms with Gasteiger partial charge in [-0.15, -0.1) is 0 Å². The van der Waals surface area contributed by atoms with E-state index in [4.69, 9.17) is 4.74 Å². The monoisotopic (exact) mass is 318 g/mol. The average Bonchev–Trinajstić information content (AvgIpc) is 2.53. The number of allylic oxidation sites excluding steroid dienone is 1. The van der Waals surface area contributed by atoms with E-state index in [0.29, 0.717) is 22.4 Å². The van der Waals surface area contributed by atoms with Crippen molar-refractivity contribution in [3.8, 4) is 16.9 Å². The van der Waals surface area contributed by atoms with Crippen LogP contribution in [-0.2, 0) is 9.53 Å². The summed E-state index contributed by atoms with van der Waals surface area (Å²) in [7, 11) is 2.77. The third-order valence-electron chi connectivity index (χ3n) is 3.36. The molecule has 0 fully saturated rings. The summed E-state index contributed by atoms with van der Waals surface area (Å²) in [5.74, 6) is -1.34. The Balaban J connectivity index is 2.56. The van der Waals surface area contributed by atoms with Crippen LogP contribution in [0.2, 0.25) is 0 Å². The van der Waals surface area contributed by atoms with Crippen LogP contribution in [-0.4, -0.2) is 20.2 Å². The van der Waals surface area contributed by atoms with Crippen LogP contribution in [0.4, 0.5) is 8.78 Å². The summed E-state index contributed by atoms with van der Waals surface area (Å²) in [4.78, 5) is 11.3. The van der Waals surface area contributed by atoms with Gasteiger partial charge in [-0.05, 0) is 47.9 Å². The molecule has 0 aromatic heterocycles. The van der Waals surface area contributed by atoms with Crippen LogP contribution < -0.4 is 4.74 Å². The van der Waals surface area contributed by atoms with E-state index >= 15 is 0 Å². The first-order chi connectivity index (χ1) is 10.9. The molecule has 0 aliphatic carbocycles. The topological polar surface area (TPSA) is 35.5 Å². The molecule has 2 aromatic rings. The summed E-state index contributed by atoms with van der Waals surface area (Å²) in [6.07, 6.45) is 1.34. The molecule has 2 aromatic carbocycles. The lowest BCUT2D eigenvalue weighted by Crippen LogP contribution is -1.96. The Morgan fingerprint density at radius 2 is 1.70 bits per heavy atom. The molecule has 0 heterocycles. The van der Waals surface area contributed by atoms with Crippen molar-refractivity contribution in [3.05, 3.63) is 59.7 Å². The Hall–Kier alpha value is -2.69. The maximum absolute atomic E-state index is 13.5. The zero-order valence-electron chi connectivity index (χ0n) is 13.0. The number of halogens is 2. The Kier molecular flexibility index (Phi) is 5.11. The molecule has 0 amide bonds. The molecule has 0 radical (unpaired) electrons. The smallest absolute Gasteiger partial charge is 0.330 e. The van der Waals surface area contributed by atoms with E-state index in [9.17, 15) is 13.6 Å². The van der Waals surface area contributed by atoms with Gasteiger partial charge in [-0.3, -0.25) is 0 Å². The Morgan fingerprint density at radius 1 is 1.04 bits per heavy atom. The summed E-state index contributed by atoms with van der Waals surface area (Å²) in [6.45, 7) is 1.74. The van der Waals surface area contributed by atoms with Crippen LogP contribution in [0.25, 0.3) is 16.7 Å². The Labute approximate surface area is 133 Å². The number of benzene rings is 2. The maximum atomic E-state index is 13.5. The third kappa shape index (κ3) is 3.94. The zero-order chi connectivity index (χ0) is 17.0. The van der Waals surface area contributed by atoms with Crippen molar-refractivity contribution in [1.82, 2.24) is 0 Å². The second-order valence-electron chi connectivity index (χ2n) is 4.92. The molecule has 0 spiro atoms. The van der Waals surface area contributed by atoms with E-state index in [0.717, 1.165) is 11.6 Å². The minimum absolute atomic E-state index is 0.354. The lowest BCUT2D eigenvalue weighted by Gasteiger charge is -2.12. The first-order valence-corrected chi connectivity index (χ1v) is 6.85. The lowest BCUT2D eigenvalue weighted by molar-refractivity contribution is -0.134. The van der Waals surface area contributed by atoms with Gasteiger partial charge in [0, 0.05) is 17.7 Å². The highest BCUT2D eigenvalue weighted by atomic mass is 19.1. The molecule has 5 heteroatoms. The van der Waals surface area contributed by atoms with Crippen molar-refractivity contribution < 1.29 is 23.0 Å². The van der Waals surface area contributed by atoms with Crippen molar-refractivity contribution in [2.75, 3.05) is 14.2 Å². The molecule has 0 atom stereocenters. The standard InChI is InChI=1S/C18H16F2O3/c1-11(6-18(21)23-3)12-4-5-17(22-2)16(9-12)13-7-14(19)10-15(20)8-13/h4-10H,1-3H3/b11-6+. The van der Waals surface area contributed by atoms with Crippen molar-refractivity contribution in [3.63, 3.8) is 0 Å². The first-order valence-electron chi connectivity index (χ1n) is 6.85. The van der Waals surface area contributed by atoms with Crippen LogP contribution in [0.3, 0.4) is 0 Å². The molecule has 0 unspecified atom stereocenters. The van der Waals surface area contributed by atoms with Gasteiger partial charge in [0.05, 0.1) is 14.2 Å². The number of carbonyl (C=O) groups is 1. The van der Waals surface area contributed by atoms with Crippen molar-refractivity contribution in [2.24, 2.45) is 0 Å². The zero-order valence-corrected chi connectivity index (χ0v) is 13.0. The molecule has 0 N–H and O–H groups in total. The Bertz CT molecular complexity index is 747. The Morgan fingerprint density at radius 3 is 2.26 bits per heavy atom. The summed E-state index contributed by atoms with van der Waals surface area (Å²) in [5.41, 5.74) is 2.27. The highest BCUT2D eigenvalue weighted by Gasteiger charge is 2.11. The maximum Gasteiger partial charge on any atom is 0.330 e. The molecule has 120 valence electrons. The number of hydrogen-bond donors (Lipinski definition) is 0. The van der Waals surface area contributed by atoms with Gasteiger partial charge in [0.25, 0.3) is 0 Å². The van der Waals surface area contributed by atoms with Gasteiger partial charge in [-0.1, -0.05) is 6.07 Å². The second-order valence-corrected chi connectivity index (χ2v) is 4.92. The number of carbonyl (C=O) groups excluding carboxylic acids is 1. The van der Waals surface area contributed by atoms with Gasteiger partial charge in [0.2, 0.25) is 0 Å². The van der Waals surface area contributed by atoms with Crippen LogP contribution in [0.5, 0.6) is 5.75 Å². The van der Waals surface area contributed by atoms with E-state index in [1.165, 1.54) is 32.4 Å². The highest BCUT2D eigenvalue weighted by molar-refractivity contribution is 5.91. The first kappa shape index (κ1) is 16.7. The fourth-order valence-corrected chi connectivity index (χ4v) is 2.21. The van der Waals surface area contributed by atoms with Crippen LogP contribution in [0, 0.1) is 11.6 Å². The molecule has 23 heavy (non-hydrogen) atoms. The molecule has 0 saturated heterocycles. The third-order valence-corrected chi connectivity index (χ3v) is 3.36. The molecule has 2 rings (SSSR count). The summed E-state index contributed by atoms with van der Waals surface area (Å²) in [5, 5.41) is 0. The second kappa shape index (κ2) is 7.05. The molecule has 0 aliphatic rings. The SMILES string of the molecule is COC(=O)/C=C(\C)c1ccc(OC)c(-c2cc(F)cc(F)c2)c1. The van der Waals surface area contributed by atoms with Crippen LogP contribution >= 0.6 is 0 Å². The number of esters is 1. The summed E-state index contributed by atoms with van der Waals surface area (Å²) in [6, 6.07) is 8.41. The fraction of sp³-hybridized carbons (Fsp3) is 0.167. The minimum Gasteiger partial charge on any atom is -0.496 e. The van der Waals surface area contributed by atoms with Gasteiger partial charge in [0.15, 0.2) is 0 Å². The van der Waals surface area contributed by atoms with Gasteiger partial charge in [0.1, 0.15) is 17.4 Å². The van der Waals surface area contributed by atoms with Crippen molar-refractivity contribution in [2.45, 2.75) is 6.92 Å². The van der Waals surface area contributed by atoms with Gasteiger partial charge >= 0.3 is 5.97 Å². The lowest BCUT2D eigenvalue weighted by atomic mass is 9.98. The van der Waals surface area contributed by atoms with Crippen LogP contribution in [0.15, 0.2) is 42.5 Å². The molecule has 0 aliphatic heterocycles. The molecular formula is C18H16F2O3. The predicted octanol–water partition coefficient (Wildman–Crippen LogP) is 4.22. The number of methoxy groups -OCH3 is 2.